The van der Waals surface area contributed by atoms with E-state index < -0.39 is 15.3 Å². The molecule has 0 aromatic heterocycles. The van der Waals surface area contributed by atoms with E-state index in [4.69, 9.17) is 10.5 Å². The summed E-state index contributed by atoms with van der Waals surface area (Å²) in [4.78, 5) is 0. The zero-order chi connectivity index (χ0) is 14.0. The largest absolute Gasteiger partial charge is 0.398 e. The normalized spacial score (nSPS) is 23.9. The maximum absolute atomic E-state index is 12.5. The van der Waals surface area contributed by atoms with Gasteiger partial charge < -0.3 is 10.5 Å². The Morgan fingerprint density at radius 3 is 2.68 bits per heavy atom. The summed E-state index contributed by atoms with van der Waals surface area (Å²) in [7, 11) is -1.76. The smallest absolute Gasteiger partial charge is 0.219 e. The van der Waals surface area contributed by atoms with Gasteiger partial charge in [-0.05, 0) is 25.0 Å². The van der Waals surface area contributed by atoms with Crippen LogP contribution in [0.1, 0.15) is 18.9 Å². The van der Waals surface area contributed by atoms with Crippen LogP contribution in [0.5, 0.6) is 0 Å². The SMILES string of the molecule is C[C@H]1OCC[C@@H]1S(=O)(=O)N(C)Cc1ccccc1N. The molecular formula is C13H20N2O3S. The van der Waals surface area contributed by atoms with Gasteiger partial charge in [0.05, 0.1) is 6.10 Å². The highest BCUT2D eigenvalue weighted by Gasteiger charge is 2.38. The van der Waals surface area contributed by atoms with E-state index in [1.54, 1.807) is 20.0 Å². The Morgan fingerprint density at radius 2 is 2.11 bits per heavy atom. The van der Waals surface area contributed by atoms with E-state index in [9.17, 15) is 8.42 Å². The van der Waals surface area contributed by atoms with Crippen molar-refractivity contribution in [2.75, 3.05) is 19.4 Å². The molecule has 6 heteroatoms. The fourth-order valence-electron chi connectivity index (χ4n) is 2.34. The molecule has 2 N–H and O–H groups in total. The molecule has 0 radical (unpaired) electrons. The van der Waals surface area contributed by atoms with Crippen LogP contribution in [0.2, 0.25) is 0 Å². The second-order valence-corrected chi connectivity index (χ2v) is 7.16. The van der Waals surface area contributed by atoms with Crippen LogP contribution in [0.15, 0.2) is 24.3 Å². The summed E-state index contributed by atoms with van der Waals surface area (Å²) >= 11 is 0. The van der Waals surface area contributed by atoms with E-state index in [-0.39, 0.29) is 12.6 Å². The van der Waals surface area contributed by atoms with Crippen molar-refractivity contribution in [1.29, 1.82) is 0 Å². The second kappa shape index (κ2) is 5.48. The number of benzene rings is 1. The fourth-order valence-corrected chi connectivity index (χ4v) is 4.08. The number of nitrogens with zero attached hydrogens (tertiary/aromatic N) is 1. The lowest BCUT2D eigenvalue weighted by molar-refractivity contribution is 0.125. The first-order chi connectivity index (χ1) is 8.93. The number of sulfonamides is 1. The molecule has 1 fully saturated rings. The third-order valence-electron chi connectivity index (χ3n) is 3.57. The number of nitrogen functional groups attached to an aromatic ring is 1. The fraction of sp³-hybridized carbons (Fsp3) is 0.538. The number of anilines is 1. The van der Waals surface area contributed by atoms with Crippen LogP contribution in [0.3, 0.4) is 0 Å². The number of nitrogens with two attached hydrogens (primary N) is 1. The molecule has 19 heavy (non-hydrogen) atoms. The zero-order valence-electron chi connectivity index (χ0n) is 11.2. The summed E-state index contributed by atoms with van der Waals surface area (Å²) in [5.74, 6) is 0. The maximum atomic E-state index is 12.5. The molecule has 1 saturated heterocycles. The molecule has 0 unspecified atom stereocenters. The number of ether oxygens (including phenoxy) is 1. The van der Waals surface area contributed by atoms with Crippen molar-refractivity contribution in [3.63, 3.8) is 0 Å². The highest BCUT2D eigenvalue weighted by atomic mass is 32.2. The summed E-state index contributed by atoms with van der Waals surface area (Å²) in [6.07, 6.45) is 0.304. The molecule has 0 bridgehead atoms. The average Bonchev–Trinajstić information content (AvgIpc) is 2.79. The third-order valence-corrected chi connectivity index (χ3v) is 5.95. The van der Waals surface area contributed by atoms with Crippen LogP contribution in [0.4, 0.5) is 5.69 Å². The summed E-state index contributed by atoms with van der Waals surface area (Å²) in [6.45, 7) is 2.60. The van der Waals surface area contributed by atoms with E-state index in [0.717, 1.165) is 5.56 Å². The van der Waals surface area contributed by atoms with Gasteiger partial charge in [0.15, 0.2) is 0 Å². The monoisotopic (exact) mass is 284 g/mol. The molecule has 1 heterocycles. The van der Waals surface area contributed by atoms with E-state index in [2.05, 4.69) is 0 Å². The Kier molecular flexibility index (Phi) is 4.13. The van der Waals surface area contributed by atoms with Crippen LogP contribution >= 0.6 is 0 Å². The van der Waals surface area contributed by atoms with E-state index in [0.29, 0.717) is 18.7 Å². The molecule has 1 aliphatic heterocycles. The number of hydrogen-bond acceptors (Lipinski definition) is 4. The summed E-state index contributed by atoms with van der Waals surface area (Å²) < 4.78 is 31.6. The van der Waals surface area contributed by atoms with Gasteiger partial charge in [-0.1, -0.05) is 18.2 Å². The minimum atomic E-state index is -3.35. The molecule has 106 valence electrons. The van der Waals surface area contributed by atoms with Gasteiger partial charge in [0.25, 0.3) is 0 Å². The number of hydrogen-bond donors (Lipinski definition) is 1. The standard InChI is InChI=1S/C13H20N2O3S/c1-10-13(7-8-18-10)19(16,17)15(2)9-11-5-3-4-6-12(11)14/h3-6,10,13H,7-9,14H2,1-2H3/t10-,13+/m1/s1. The summed E-state index contributed by atoms with van der Waals surface area (Å²) in [6, 6.07) is 7.31. The van der Waals surface area contributed by atoms with Crippen molar-refractivity contribution in [2.45, 2.75) is 31.2 Å². The molecule has 2 atom stereocenters. The van der Waals surface area contributed by atoms with Crippen LogP contribution in [0, 0.1) is 0 Å². The molecule has 0 amide bonds. The van der Waals surface area contributed by atoms with Gasteiger partial charge in [-0.3, -0.25) is 0 Å². The minimum Gasteiger partial charge on any atom is -0.398 e. The zero-order valence-corrected chi connectivity index (χ0v) is 12.1. The maximum Gasteiger partial charge on any atom is 0.219 e. The Bertz CT molecular complexity index is 545. The summed E-state index contributed by atoms with van der Waals surface area (Å²) in [5, 5.41) is -0.456. The first-order valence-electron chi connectivity index (χ1n) is 6.33. The highest BCUT2D eigenvalue weighted by Crippen LogP contribution is 2.25. The summed E-state index contributed by atoms with van der Waals surface area (Å²) in [5.41, 5.74) is 7.28. The predicted octanol–water partition coefficient (Wildman–Crippen LogP) is 1.21. The van der Waals surface area contributed by atoms with Crippen molar-refractivity contribution in [2.24, 2.45) is 0 Å². The quantitative estimate of drug-likeness (QED) is 0.843. The van der Waals surface area contributed by atoms with Gasteiger partial charge in [0.2, 0.25) is 10.0 Å². The van der Waals surface area contributed by atoms with Crippen LogP contribution in [0.25, 0.3) is 0 Å². The first-order valence-corrected chi connectivity index (χ1v) is 7.83. The van der Waals surface area contributed by atoms with E-state index in [1.807, 2.05) is 18.2 Å². The number of rotatable bonds is 4. The van der Waals surface area contributed by atoms with Gasteiger partial charge in [-0.15, -0.1) is 0 Å². The Morgan fingerprint density at radius 1 is 1.42 bits per heavy atom. The van der Waals surface area contributed by atoms with E-state index in [1.165, 1.54) is 4.31 Å². The Balaban J connectivity index is 2.15. The number of para-hydroxylation sites is 1. The molecule has 0 aliphatic carbocycles. The van der Waals surface area contributed by atoms with Crippen molar-refractivity contribution >= 4 is 15.7 Å². The molecule has 0 saturated carbocycles. The van der Waals surface area contributed by atoms with Gasteiger partial charge in [-0.2, -0.15) is 0 Å². The van der Waals surface area contributed by atoms with Gasteiger partial charge in [0, 0.05) is 25.9 Å². The molecule has 0 spiro atoms. The Labute approximate surface area is 114 Å². The third kappa shape index (κ3) is 2.91. The topological polar surface area (TPSA) is 72.6 Å². The van der Waals surface area contributed by atoms with E-state index >= 15 is 0 Å². The molecule has 1 aliphatic rings. The average molecular weight is 284 g/mol. The first kappa shape index (κ1) is 14.3. The van der Waals surface area contributed by atoms with Crippen LogP contribution < -0.4 is 5.73 Å². The molecule has 1 aromatic carbocycles. The lowest BCUT2D eigenvalue weighted by Gasteiger charge is -2.23. The highest BCUT2D eigenvalue weighted by molar-refractivity contribution is 7.89. The minimum absolute atomic E-state index is 0.249. The lowest BCUT2D eigenvalue weighted by atomic mass is 10.2. The second-order valence-electron chi connectivity index (χ2n) is 4.90. The Hall–Kier alpha value is -1.11. The van der Waals surface area contributed by atoms with Crippen molar-refractivity contribution in [1.82, 2.24) is 4.31 Å². The molecular weight excluding hydrogens is 264 g/mol. The molecule has 1 aromatic rings. The van der Waals surface area contributed by atoms with Gasteiger partial charge >= 0.3 is 0 Å². The lowest BCUT2D eigenvalue weighted by Crippen LogP contribution is -2.39. The molecule has 2 rings (SSSR count). The van der Waals surface area contributed by atoms with Crippen LogP contribution in [-0.4, -0.2) is 37.7 Å². The van der Waals surface area contributed by atoms with Gasteiger partial charge in [0.1, 0.15) is 5.25 Å². The van der Waals surface area contributed by atoms with Crippen molar-refractivity contribution < 1.29 is 13.2 Å². The van der Waals surface area contributed by atoms with Gasteiger partial charge in [-0.25, -0.2) is 12.7 Å². The van der Waals surface area contributed by atoms with Crippen molar-refractivity contribution in [3.8, 4) is 0 Å². The molecule has 5 nitrogen and oxygen atoms in total. The predicted molar refractivity (Wildman–Crippen MR) is 75.1 cm³/mol. The van der Waals surface area contributed by atoms with Crippen LogP contribution in [-0.2, 0) is 21.3 Å². The van der Waals surface area contributed by atoms with Crippen molar-refractivity contribution in [3.05, 3.63) is 29.8 Å².